The SMILES string of the molecule is CCNC(=NCc1nc(C)c(C)o1)NCCc1cn2ccccc2n1.I. The molecule has 26 heavy (non-hydrogen) atoms. The molecule has 0 radical (unpaired) electrons. The zero-order valence-corrected chi connectivity index (χ0v) is 17.7. The fourth-order valence-electron chi connectivity index (χ4n) is 2.51. The Labute approximate surface area is 170 Å². The molecule has 3 aromatic heterocycles. The van der Waals surface area contributed by atoms with Gasteiger partial charge in [-0.3, -0.25) is 0 Å². The van der Waals surface area contributed by atoms with Gasteiger partial charge < -0.3 is 19.5 Å². The summed E-state index contributed by atoms with van der Waals surface area (Å²) in [4.78, 5) is 13.5. The zero-order chi connectivity index (χ0) is 17.6. The molecule has 0 fully saturated rings. The van der Waals surface area contributed by atoms with E-state index in [9.17, 15) is 0 Å². The van der Waals surface area contributed by atoms with Crippen molar-refractivity contribution < 1.29 is 4.42 Å². The average Bonchev–Trinajstić information content (AvgIpc) is 3.15. The second-order valence-electron chi connectivity index (χ2n) is 5.82. The van der Waals surface area contributed by atoms with E-state index in [4.69, 9.17) is 4.42 Å². The number of nitrogens with one attached hydrogen (secondary N) is 2. The van der Waals surface area contributed by atoms with E-state index in [1.54, 1.807) is 0 Å². The minimum Gasteiger partial charge on any atom is -0.444 e. The maximum Gasteiger partial charge on any atom is 0.216 e. The Morgan fingerprint density at radius 2 is 2.08 bits per heavy atom. The quantitative estimate of drug-likeness (QED) is 0.331. The maximum absolute atomic E-state index is 5.56. The van der Waals surface area contributed by atoms with Crippen molar-refractivity contribution in [1.82, 2.24) is 25.0 Å². The van der Waals surface area contributed by atoms with E-state index in [0.717, 1.165) is 48.3 Å². The molecule has 8 heteroatoms. The molecule has 3 heterocycles. The van der Waals surface area contributed by atoms with Crippen LogP contribution in [0.4, 0.5) is 0 Å². The van der Waals surface area contributed by atoms with Crippen LogP contribution in [0.2, 0.25) is 0 Å². The first-order valence-electron chi connectivity index (χ1n) is 8.53. The lowest BCUT2D eigenvalue weighted by atomic mass is 10.3. The highest BCUT2D eigenvalue weighted by Gasteiger charge is 2.06. The molecule has 0 spiro atoms. The predicted molar refractivity (Wildman–Crippen MR) is 113 cm³/mol. The zero-order valence-electron chi connectivity index (χ0n) is 15.3. The smallest absolute Gasteiger partial charge is 0.216 e. The molecule has 3 rings (SSSR count). The second-order valence-corrected chi connectivity index (χ2v) is 5.82. The molecule has 2 N–H and O–H groups in total. The monoisotopic (exact) mass is 468 g/mol. The van der Waals surface area contributed by atoms with Crippen LogP contribution in [0.15, 0.2) is 40.0 Å². The van der Waals surface area contributed by atoms with Crippen molar-refractivity contribution in [2.45, 2.75) is 33.7 Å². The Balaban J connectivity index is 0.00000243. The van der Waals surface area contributed by atoms with Crippen LogP contribution in [-0.2, 0) is 13.0 Å². The number of aryl methyl sites for hydroxylation is 2. The highest BCUT2D eigenvalue weighted by Crippen LogP contribution is 2.09. The molecule has 0 amide bonds. The summed E-state index contributed by atoms with van der Waals surface area (Å²) in [7, 11) is 0. The van der Waals surface area contributed by atoms with Gasteiger partial charge in [-0.15, -0.1) is 24.0 Å². The van der Waals surface area contributed by atoms with E-state index in [0.29, 0.717) is 12.4 Å². The number of rotatable bonds is 6. The molecule has 0 bridgehead atoms. The Morgan fingerprint density at radius 3 is 2.77 bits per heavy atom. The molecular weight excluding hydrogens is 443 g/mol. The van der Waals surface area contributed by atoms with Crippen LogP contribution in [0, 0.1) is 13.8 Å². The van der Waals surface area contributed by atoms with Gasteiger partial charge in [-0.1, -0.05) is 6.07 Å². The van der Waals surface area contributed by atoms with E-state index in [1.165, 1.54) is 0 Å². The second kappa shape index (κ2) is 9.56. The molecule has 0 aliphatic heterocycles. The van der Waals surface area contributed by atoms with Gasteiger partial charge in [0.2, 0.25) is 5.89 Å². The first-order chi connectivity index (χ1) is 12.2. The van der Waals surface area contributed by atoms with E-state index in [2.05, 4.69) is 31.8 Å². The molecule has 0 aliphatic carbocycles. The van der Waals surface area contributed by atoms with Gasteiger partial charge in [-0.2, -0.15) is 0 Å². The number of guanidine groups is 1. The third-order valence-corrected chi connectivity index (χ3v) is 3.88. The summed E-state index contributed by atoms with van der Waals surface area (Å²) in [5, 5.41) is 6.56. The van der Waals surface area contributed by atoms with Crippen LogP contribution in [0.1, 0.15) is 30.0 Å². The van der Waals surface area contributed by atoms with Crippen LogP contribution in [-0.4, -0.2) is 33.4 Å². The van der Waals surface area contributed by atoms with Gasteiger partial charge in [0.15, 0.2) is 5.96 Å². The summed E-state index contributed by atoms with van der Waals surface area (Å²) in [5.74, 6) is 2.22. The maximum atomic E-state index is 5.56. The Bertz CT molecular complexity index is 817. The van der Waals surface area contributed by atoms with E-state index in [1.807, 2.05) is 49.6 Å². The first kappa shape index (κ1) is 20.2. The number of imidazole rings is 1. The number of nitrogens with zero attached hydrogens (tertiary/aromatic N) is 4. The lowest BCUT2D eigenvalue weighted by Gasteiger charge is -2.10. The third kappa shape index (κ3) is 5.20. The molecule has 0 saturated carbocycles. The Morgan fingerprint density at radius 1 is 1.23 bits per heavy atom. The summed E-state index contributed by atoms with van der Waals surface area (Å²) in [6.45, 7) is 7.85. The highest BCUT2D eigenvalue weighted by molar-refractivity contribution is 14.0. The number of fused-ring (bicyclic) bond motifs is 1. The van der Waals surface area contributed by atoms with Gasteiger partial charge in [0.05, 0.1) is 11.4 Å². The van der Waals surface area contributed by atoms with Gasteiger partial charge >= 0.3 is 0 Å². The van der Waals surface area contributed by atoms with Crippen molar-refractivity contribution in [1.29, 1.82) is 0 Å². The standard InChI is InChI=1S/C18H24N6O.HI/c1-4-19-18(21-11-17-22-13(2)14(3)25-17)20-9-8-15-12-24-10-6-5-7-16(24)23-15;/h5-7,10,12H,4,8-9,11H2,1-3H3,(H2,19,20,21);1H. The number of hydrogen-bond acceptors (Lipinski definition) is 4. The molecule has 0 aromatic carbocycles. The van der Waals surface area contributed by atoms with Crippen molar-refractivity contribution in [3.05, 3.63) is 53.6 Å². The minimum absolute atomic E-state index is 0. The lowest BCUT2D eigenvalue weighted by Crippen LogP contribution is -2.38. The molecule has 3 aromatic rings. The fourth-order valence-corrected chi connectivity index (χ4v) is 2.51. The minimum atomic E-state index is 0. The number of hydrogen-bond donors (Lipinski definition) is 2. The van der Waals surface area contributed by atoms with Crippen LogP contribution in [0.5, 0.6) is 0 Å². The number of pyridine rings is 1. The largest absolute Gasteiger partial charge is 0.444 e. The average molecular weight is 468 g/mol. The third-order valence-electron chi connectivity index (χ3n) is 3.88. The number of halogens is 1. The Kier molecular flexibility index (Phi) is 7.43. The van der Waals surface area contributed by atoms with Crippen LogP contribution in [0.3, 0.4) is 0 Å². The van der Waals surface area contributed by atoms with Gasteiger partial charge in [-0.25, -0.2) is 15.0 Å². The number of aliphatic imine (C=N–C) groups is 1. The molecule has 0 saturated heterocycles. The lowest BCUT2D eigenvalue weighted by molar-refractivity contribution is 0.473. The van der Waals surface area contributed by atoms with Crippen LogP contribution in [0.25, 0.3) is 5.65 Å². The van der Waals surface area contributed by atoms with Crippen molar-refractivity contribution in [2.24, 2.45) is 4.99 Å². The summed E-state index contributed by atoms with van der Waals surface area (Å²) >= 11 is 0. The normalized spacial score (nSPS) is 11.4. The van der Waals surface area contributed by atoms with E-state index < -0.39 is 0 Å². The topological polar surface area (TPSA) is 79.8 Å². The molecule has 0 aliphatic rings. The van der Waals surface area contributed by atoms with Crippen LogP contribution >= 0.6 is 24.0 Å². The highest BCUT2D eigenvalue weighted by atomic mass is 127. The van der Waals surface area contributed by atoms with Crippen molar-refractivity contribution in [3.63, 3.8) is 0 Å². The summed E-state index contributed by atoms with van der Waals surface area (Å²) in [5.41, 5.74) is 2.93. The molecule has 0 unspecified atom stereocenters. The van der Waals surface area contributed by atoms with Gasteiger partial charge in [0, 0.05) is 31.9 Å². The number of oxazole rings is 1. The van der Waals surface area contributed by atoms with Crippen molar-refractivity contribution in [2.75, 3.05) is 13.1 Å². The molecule has 140 valence electrons. The predicted octanol–water partition coefficient (Wildman–Crippen LogP) is 2.85. The van der Waals surface area contributed by atoms with Gasteiger partial charge in [0.25, 0.3) is 0 Å². The van der Waals surface area contributed by atoms with Gasteiger partial charge in [-0.05, 0) is 32.9 Å². The van der Waals surface area contributed by atoms with E-state index >= 15 is 0 Å². The molecular formula is C18H25IN6O. The van der Waals surface area contributed by atoms with Gasteiger partial charge in [0.1, 0.15) is 18.0 Å². The summed E-state index contributed by atoms with van der Waals surface area (Å²) in [6, 6.07) is 5.99. The molecule has 7 nitrogen and oxygen atoms in total. The first-order valence-corrected chi connectivity index (χ1v) is 8.53. The van der Waals surface area contributed by atoms with Crippen molar-refractivity contribution in [3.8, 4) is 0 Å². The Hall–Kier alpha value is -2.10. The number of aromatic nitrogens is 3. The van der Waals surface area contributed by atoms with E-state index in [-0.39, 0.29) is 24.0 Å². The summed E-state index contributed by atoms with van der Waals surface area (Å²) < 4.78 is 7.59. The van der Waals surface area contributed by atoms with Crippen molar-refractivity contribution >= 4 is 35.6 Å². The summed E-state index contributed by atoms with van der Waals surface area (Å²) in [6.07, 6.45) is 4.88. The fraction of sp³-hybridized carbons (Fsp3) is 0.389. The molecule has 0 atom stereocenters. The van der Waals surface area contributed by atoms with Crippen LogP contribution < -0.4 is 10.6 Å².